The van der Waals surface area contributed by atoms with Gasteiger partial charge in [-0.05, 0) is 58.5 Å². The Kier molecular flexibility index (Phi) is 4.24. The lowest BCUT2D eigenvalue weighted by molar-refractivity contribution is 0.309. The van der Waals surface area contributed by atoms with E-state index in [1.807, 2.05) is 42.5 Å². The van der Waals surface area contributed by atoms with Gasteiger partial charge in [0.15, 0.2) is 0 Å². The minimum atomic E-state index is 0.510. The molecule has 0 aliphatic carbocycles. The summed E-state index contributed by atoms with van der Waals surface area (Å²) in [5, 5.41) is 1.12. The SMILES string of the molecule is COc1ccc(COc2ccc(I)c3cccnc23)cc1. The first-order chi connectivity index (χ1) is 10.3. The van der Waals surface area contributed by atoms with Crippen LogP contribution >= 0.6 is 22.6 Å². The quantitative estimate of drug-likeness (QED) is 0.617. The highest BCUT2D eigenvalue weighted by molar-refractivity contribution is 14.1. The van der Waals surface area contributed by atoms with Crippen molar-refractivity contribution in [3.63, 3.8) is 0 Å². The van der Waals surface area contributed by atoms with E-state index in [0.717, 1.165) is 28.0 Å². The number of ether oxygens (including phenoxy) is 2. The second kappa shape index (κ2) is 6.30. The molecule has 0 radical (unpaired) electrons. The van der Waals surface area contributed by atoms with Crippen LogP contribution in [0.3, 0.4) is 0 Å². The molecule has 0 saturated heterocycles. The molecule has 106 valence electrons. The second-order valence-corrected chi connectivity index (χ2v) is 5.74. The summed E-state index contributed by atoms with van der Waals surface area (Å²) in [5.74, 6) is 1.65. The first-order valence-corrected chi connectivity index (χ1v) is 7.65. The summed E-state index contributed by atoms with van der Waals surface area (Å²) in [6.07, 6.45) is 1.79. The summed E-state index contributed by atoms with van der Waals surface area (Å²) in [6.45, 7) is 0.510. The van der Waals surface area contributed by atoms with Crippen molar-refractivity contribution in [1.82, 2.24) is 4.98 Å². The van der Waals surface area contributed by atoms with Gasteiger partial charge in [-0.3, -0.25) is 4.98 Å². The molecule has 0 fully saturated rings. The van der Waals surface area contributed by atoms with Gasteiger partial charge in [0.25, 0.3) is 0 Å². The number of hydrogen-bond donors (Lipinski definition) is 0. The van der Waals surface area contributed by atoms with Crippen LogP contribution in [0, 0.1) is 3.57 Å². The van der Waals surface area contributed by atoms with Gasteiger partial charge >= 0.3 is 0 Å². The number of halogens is 1. The van der Waals surface area contributed by atoms with Crippen LogP contribution in [0.25, 0.3) is 10.9 Å². The van der Waals surface area contributed by atoms with Crippen LogP contribution in [0.4, 0.5) is 0 Å². The van der Waals surface area contributed by atoms with Crippen molar-refractivity contribution in [3.8, 4) is 11.5 Å². The Morgan fingerprint density at radius 2 is 1.86 bits per heavy atom. The fraction of sp³-hybridized carbons (Fsp3) is 0.118. The van der Waals surface area contributed by atoms with E-state index in [4.69, 9.17) is 9.47 Å². The molecule has 4 heteroatoms. The lowest BCUT2D eigenvalue weighted by Crippen LogP contribution is -1.97. The Labute approximate surface area is 137 Å². The average molecular weight is 391 g/mol. The van der Waals surface area contributed by atoms with Crippen LogP contribution in [0.1, 0.15) is 5.56 Å². The lowest BCUT2D eigenvalue weighted by Gasteiger charge is -2.10. The molecule has 1 aromatic heterocycles. The van der Waals surface area contributed by atoms with E-state index in [9.17, 15) is 0 Å². The zero-order valence-electron chi connectivity index (χ0n) is 11.5. The average Bonchev–Trinajstić information content (AvgIpc) is 2.55. The van der Waals surface area contributed by atoms with E-state index < -0.39 is 0 Å². The third-order valence-corrected chi connectivity index (χ3v) is 4.17. The summed E-state index contributed by atoms with van der Waals surface area (Å²) < 4.78 is 12.3. The molecule has 3 nitrogen and oxygen atoms in total. The van der Waals surface area contributed by atoms with Crippen LogP contribution in [0.2, 0.25) is 0 Å². The van der Waals surface area contributed by atoms with Crippen molar-refractivity contribution in [2.45, 2.75) is 6.61 Å². The zero-order chi connectivity index (χ0) is 14.7. The first-order valence-electron chi connectivity index (χ1n) is 6.57. The maximum absolute atomic E-state index is 5.93. The number of methoxy groups -OCH3 is 1. The maximum atomic E-state index is 5.93. The Balaban J connectivity index is 1.83. The van der Waals surface area contributed by atoms with Crippen molar-refractivity contribution in [3.05, 3.63) is 63.9 Å². The number of aromatic nitrogens is 1. The molecule has 0 aliphatic rings. The molecular formula is C17H14INO2. The molecule has 2 aromatic carbocycles. The summed E-state index contributed by atoms with van der Waals surface area (Å²) >= 11 is 2.31. The van der Waals surface area contributed by atoms with Gasteiger partial charge < -0.3 is 9.47 Å². The van der Waals surface area contributed by atoms with Crippen molar-refractivity contribution in [2.24, 2.45) is 0 Å². The highest BCUT2D eigenvalue weighted by Gasteiger charge is 2.06. The van der Waals surface area contributed by atoms with Gasteiger partial charge in [-0.1, -0.05) is 18.2 Å². The van der Waals surface area contributed by atoms with Crippen molar-refractivity contribution >= 4 is 33.5 Å². The molecule has 0 aliphatic heterocycles. The molecule has 0 atom stereocenters. The van der Waals surface area contributed by atoms with E-state index in [2.05, 4.69) is 33.6 Å². The molecule has 21 heavy (non-hydrogen) atoms. The molecular weight excluding hydrogens is 377 g/mol. The summed E-state index contributed by atoms with van der Waals surface area (Å²) in [6, 6.07) is 15.9. The fourth-order valence-corrected chi connectivity index (χ4v) is 2.73. The van der Waals surface area contributed by atoms with Gasteiger partial charge in [0, 0.05) is 15.2 Å². The summed E-state index contributed by atoms with van der Waals surface area (Å²) in [4.78, 5) is 4.43. The van der Waals surface area contributed by atoms with Crippen LogP contribution in [0.15, 0.2) is 54.7 Å². The van der Waals surface area contributed by atoms with Crippen LogP contribution in [-0.2, 0) is 6.61 Å². The van der Waals surface area contributed by atoms with Crippen LogP contribution in [-0.4, -0.2) is 12.1 Å². The predicted octanol–water partition coefficient (Wildman–Crippen LogP) is 4.43. The Morgan fingerprint density at radius 1 is 1.05 bits per heavy atom. The normalized spacial score (nSPS) is 10.6. The fourth-order valence-electron chi connectivity index (χ4n) is 2.11. The molecule has 0 spiro atoms. The third kappa shape index (κ3) is 3.10. The first kappa shape index (κ1) is 14.1. The smallest absolute Gasteiger partial charge is 0.146 e. The highest BCUT2D eigenvalue weighted by atomic mass is 127. The summed E-state index contributed by atoms with van der Waals surface area (Å²) in [7, 11) is 1.66. The lowest BCUT2D eigenvalue weighted by atomic mass is 10.2. The van der Waals surface area contributed by atoms with Crippen molar-refractivity contribution in [1.29, 1.82) is 0 Å². The van der Waals surface area contributed by atoms with Crippen molar-refractivity contribution < 1.29 is 9.47 Å². The molecule has 0 unspecified atom stereocenters. The van der Waals surface area contributed by atoms with Crippen molar-refractivity contribution in [2.75, 3.05) is 7.11 Å². The van der Waals surface area contributed by atoms with Gasteiger partial charge in [-0.2, -0.15) is 0 Å². The molecule has 3 rings (SSSR count). The van der Waals surface area contributed by atoms with E-state index in [1.54, 1.807) is 13.3 Å². The molecule has 0 bridgehead atoms. The molecule has 0 amide bonds. The molecule has 1 heterocycles. The number of fused-ring (bicyclic) bond motifs is 1. The predicted molar refractivity (Wildman–Crippen MR) is 91.8 cm³/mol. The maximum Gasteiger partial charge on any atom is 0.146 e. The monoisotopic (exact) mass is 391 g/mol. The minimum absolute atomic E-state index is 0.510. The second-order valence-electron chi connectivity index (χ2n) is 4.58. The molecule has 0 saturated carbocycles. The third-order valence-electron chi connectivity index (χ3n) is 3.23. The van der Waals surface area contributed by atoms with Gasteiger partial charge in [0.1, 0.15) is 23.6 Å². The number of nitrogens with zero attached hydrogens (tertiary/aromatic N) is 1. The van der Waals surface area contributed by atoms with Gasteiger partial charge in [0.2, 0.25) is 0 Å². The van der Waals surface area contributed by atoms with E-state index in [1.165, 1.54) is 3.57 Å². The standard InChI is InChI=1S/C17H14INO2/c1-20-13-6-4-12(5-7-13)11-21-16-9-8-15(18)14-3-2-10-19-17(14)16/h2-10H,11H2,1H3. The Hall–Kier alpha value is -1.82. The van der Waals surface area contributed by atoms with Gasteiger partial charge in [-0.15, -0.1) is 0 Å². The largest absolute Gasteiger partial charge is 0.497 e. The summed E-state index contributed by atoms with van der Waals surface area (Å²) in [5.41, 5.74) is 2.00. The number of hydrogen-bond acceptors (Lipinski definition) is 3. The highest BCUT2D eigenvalue weighted by Crippen LogP contribution is 2.28. The van der Waals surface area contributed by atoms with Gasteiger partial charge in [0.05, 0.1) is 7.11 Å². The topological polar surface area (TPSA) is 31.4 Å². The van der Waals surface area contributed by atoms with Gasteiger partial charge in [-0.25, -0.2) is 0 Å². The van der Waals surface area contributed by atoms with E-state index >= 15 is 0 Å². The molecule has 3 aromatic rings. The zero-order valence-corrected chi connectivity index (χ0v) is 13.7. The Morgan fingerprint density at radius 3 is 2.62 bits per heavy atom. The van der Waals surface area contributed by atoms with E-state index in [-0.39, 0.29) is 0 Å². The van der Waals surface area contributed by atoms with E-state index in [0.29, 0.717) is 6.61 Å². The number of benzene rings is 2. The van der Waals surface area contributed by atoms with Crippen LogP contribution < -0.4 is 9.47 Å². The number of pyridine rings is 1. The molecule has 0 N–H and O–H groups in total. The van der Waals surface area contributed by atoms with Crippen LogP contribution in [0.5, 0.6) is 11.5 Å². The Bertz CT molecular complexity index is 756. The minimum Gasteiger partial charge on any atom is -0.497 e. The number of rotatable bonds is 4.